The summed E-state index contributed by atoms with van der Waals surface area (Å²) in [6.07, 6.45) is 11.6. The minimum atomic E-state index is 0.266. The minimum Gasteiger partial charge on any atom is -0.303 e. The first kappa shape index (κ1) is 13.5. The Morgan fingerprint density at radius 1 is 1.38 bits per heavy atom. The van der Waals surface area contributed by atoms with Gasteiger partial charge in [-0.1, -0.05) is 19.8 Å². The third kappa shape index (κ3) is 4.55. The molecule has 1 heterocycles. The van der Waals surface area contributed by atoms with Gasteiger partial charge in [-0.25, -0.2) is 0 Å². The largest absolute Gasteiger partial charge is 0.303 e. The summed E-state index contributed by atoms with van der Waals surface area (Å²) in [5.74, 6) is 2.83. The van der Waals surface area contributed by atoms with Crippen molar-refractivity contribution in [3.63, 3.8) is 0 Å². The van der Waals surface area contributed by atoms with E-state index in [9.17, 15) is 0 Å². The number of nitrogens with one attached hydrogen (secondary N) is 1. The van der Waals surface area contributed by atoms with Gasteiger partial charge in [0.05, 0.1) is 6.04 Å². The van der Waals surface area contributed by atoms with Gasteiger partial charge >= 0.3 is 0 Å². The zero-order valence-corrected chi connectivity index (χ0v) is 10.8. The van der Waals surface area contributed by atoms with Crippen molar-refractivity contribution in [2.75, 3.05) is 19.6 Å². The minimum absolute atomic E-state index is 0.266. The van der Waals surface area contributed by atoms with Crippen LogP contribution < -0.4 is 5.32 Å². The second kappa shape index (κ2) is 7.70. The van der Waals surface area contributed by atoms with Gasteiger partial charge in [-0.3, -0.25) is 0 Å². The fourth-order valence-corrected chi connectivity index (χ4v) is 2.43. The topological polar surface area (TPSA) is 15.3 Å². The summed E-state index contributed by atoms with van der Waals surface area (Å²) in [6.45, 7) is 8.15. The van der Waals surface area contributed by atoms with E-state index in [0.29, 0.717) is 6.04 Å². The van der Waals surface area contributed by atoms with Crippen LogP contribution in [0.15, 0.2) is 0 Å². The first-order valence-corrected chi connectivity index (χ1v) is 6.74. The molecule has 1 fully saturated rings. The Kier molecular flexibility index (Phi) is 6.52. The summed E-state index contributed by atoms with van der Waals surface area (Å²) in [5.41, 5.74) is 0. The molecule has 2 heteroatoms. The lowest BCUT2D eigenvalue weighted by atomic mass is 10.1. The molecule has 0 aliphatic carbocycles. The van der Waals surface area contributed by atoms with Gasteiger partial charge in [-0.15, -0.1) is 6.42 Å². The quantitative estimate of drug-likeness (QED) is 0.718. The molecular formula is C14H26N2. The van der Waals surface area contributed by atoms with Crippen LogP contribution >= 0.6 is 0 Å². The Hall–Kier alpha value is -0.520. The lowest BCUT2D eigenvalue weighted by molar-refractivity contribution is 0.282. The van der Waals surface area contributed by atoms with Gasteiger partial charge in [0.2, 0.25) is 0 Å². The number of hydrogen-bond acceptors (Lipinski definition) is 2. The van der Waals surface area contributed by atoms with E-state index in [-0.39, 0.29) is 6.04 Å². The van der Waals surface area contributed by atoms with Gasteiger partial charge in [-0.05, 0) is 51.7 Å². The molecule has 0 aromatic rings. The van der Waals surface area contributed by atoms with Crippen LogP contribution in [0.3, 0.4) is 0 Å². The molecule has 0 saturated carbocycles. The molecule has 16 heavy (non-hydrogen) atoms. The smallest absolute Gasteiger partial charge is 0.0686 e. The van der Waals surface area contributed by atoms with Crippen molar-refractivity contribution in [3.8, 4) is 12.3 Å². The van der Waals surface area contributed by atoms with Crippen molar-refractivity contribution in [2.45, 2.75) is 58.0 Å². The molecule has 2 unspecified atom stereocenters. The molecule has 0 aromatic heterocycles. The first-order chi connectivity index (χ1) is 7.80. The van der Waals surface area contributed by atoms with Gasteiger partial charge in [0, 0.05) is 6.04 Å². The molecule has 1 N–H and O–H groups in total. The summed E-state index contributed by atoms with van der Waals surface area (Å²) >= 11 is 0. The molecule has 1 aliphatic rings. The summed E-state index contributed by atoms with van der Waals surface area (Å²) in [5, 5.41) is 3.60. The molecule has 0 amide bonds. The zero-order valence-electron chi connectivity index (χ0n) is 10.8. The average molecular weight is 222 g/mol. The lowest BCUT2D eigenvalue weighted by Gasteiger charge is -2.21. The number of hydrogen-bond donors (Lipinski definition) is 1. The van der Waals surface area contributed by atoms with E-state index in [1.807, 2.05) is 0 Å². The van der Waals surface area contributed by atoms with Crippen LogP contribution in [0.25, 0.3) is 0 Å². The molecule has 0 bridgehead atoms. The maximum atomic E-state index is 5.49. The van der Waals surface area contributed by atoms with Crippen molar-refractivity contribution in [1.82, 2.24) is 10.2 Å². The van der Waals surface area contributed by atoms with Crippen LogP contribution in [0.5, 0.6) is 0 Å². The van der Waals surface area contributed by atoms with E-state index in [0.717, 1.165) is 6.42 Å². The molecule has 0 radical (unpaired) electrons. The van der Waals surface area contributed by atoms with Crippen molar-refractivity contribution < 1.29 is 0 Å². The average Bonchev–Trinajstić information content (AvgIpc) is 2.52. The molecule has 1 rings (SSSR count). The van der Waals surface area contributed by atoms with Crippen molar-refractivity contribution in [3.05, 3.63) is 0 Å². The van der Waals surface area contributed by atoms with Gasteiger partial charge in [0.25, 0.3) is 0 Å². The third-order valence-corrected chi connectivity index (χ3v) is 3.41. The van der Waals surface area contributed by atoms with Crippen LogP contribution in [0.1, 0.15) is 46.0 Å². The van der Waals surface area contributed by atoms with Crippen LogP contribution in [-0.2, 0) is 0 Å². The van der Waals surface area contributed by atoms with Crippen LogP contribution in [0.4, 0.5) is 0 Å². The molecule has 92 valence electrons. The summed E-state index contributed by atoms with van der Waals surface area (Å²) < 4.78 is 0. The second-order valence-electron chi connectivity index (χ2n) is 4.76. The highest BCUT2D eigenvalue weighted by atomic mass is 15.1. The van der Waals surface area contributed by atoms with E-state index in [4.69, 9.17) is 6.42 Å². The fraction of sp³-hybridized carbons (Fsp3) is 0.857. The standard InChI is InChI=1S/C14H26N2/c1-4-10-16-11-7-8-14(9-12-16)15-13(5-2)6-3/h2,13-15H,4,6-12H2,1,3H3. The zero-order chi connectivity index (χ0) is 11.8. The Bertz CT molecular complexity index is 219. The van der Waals surface area contributed by atoms with Crippen molar-refractivity contribution >= 4 is 0 Å². The van der Waals surface area contributed by atoms with Crippen molar-refractivity contribution in [1.29, 1.82) is 0 Å². The molecule has 2 atom stereocenters. The van der Waals surface area contributed by atoms with Gasteiger partial charge in [0.1, 0.15) is 0 Å². The van der Waals surface area contributed by atoms with E-state index in [1.165, 1.54) is 45.3 Å². The highest BCUT2D eigenvalue weighted by Crippen LogP contribution is 2.12. The predicted octanol–water partition coefficient (Wildman–Crippen LogP) is 2.25. The molecule has 1 aliphatic heterocycles. The van der Waals surface area contributed by atoms with Gasteiger partial charge in [0.15, 0.2) is 0 Å². The van der Waals surface area contributed by atoms with Gasteiger partial charge in [-0.2, -0.15) is 0 Å². The Labute approximate surface area is 101 Å². The third-order valence-electron chi connectivity index (χ3n) is 3.41. The summed E-state index contributed by atoms with van der Waals surface area (Å²) in [6, 6.07) is 0.894. The predicted molar refractivity (Wildman–Crippen MR) is 70.4 cm³/mol. The molecule has 2 nitrogen and oxygen atoms in total. The van der Waals surface area contributed by atoms with E-state index in [2.05, 4.69) is 30.0 Å². The van der Waals surface area contributed by atoms with E-state index < -0.39 is 0 Å². The van der Waals surface area contributed by atoms with Crippen LogP contribution in [-0.4, -0.2) is 36.6 Å². The SMILES string of the molecule is C#CC(CC)NC1CCCN(CCC)CC1. The fourth-order valence-electron chi connectivity index (χ4n) is 2.43. The maximum Gasteiger partial charge on any atom is 0.0686 e. The molecule has 1 saturated heterocycles. The number of rotatable bonds is 5. The Balaban J connectivity index is 2.32. The van der Waals surface area contributed by atoms with E-state index >= 15 is 0 Å². The number of nitrogens with zero attached hydrogens (tertiary/aromatic N) is 1. The van der Waals surface area contributed by atoms with Gasteiger partial charge < -0.3 is 10.2 Å². The van der Waals surface area contributed by atoms with Crippen LogP contribution in [0.2, 0.25) is 0 Å². The monoisotopic (exact) mass is 222 g/mol. The lowest BCUT2D eigenvalue weighted by Crippen LogP contribution is -2.37. The number of terminal acetylenes is 1. The van der Waals surface area contributed by atoms with Crippen LogP contribution in [0, 0.1) is 12.3 Å². The Morgan fingerprint density at radius 3 is 2.81 bits per heavy atom. The molecule has 0 aromatic carbocycles. The summed E-state index contributed by atoms with van der Waals surface area (Å²) in [4.78, 5) is 2.58. The highest BCUT2D eigenvalue weighted by Gasteiger charge is 2.17. The maximum absolute atomic E-state index is 5.49. The summed E-state index contributed by atoms with van der Waals surface area (Å²) in [7, 11) is 0. The second-order valence-corrected chi connectivity index (χ2v) is 4.76. The normalized spacial score (nSPS) is 24.7. The number of likely N-dealkylation sites (tertiary alicyclic amines) is 1. The van der Waals surface area contributed by atoms with E-state index in [1.54, 1.807) is 0 Å². The first-order valence-electron chi connectivity index (χ1n) is 6.74. The highest BCUT2D eigenvalue weighted by molar-refractivity contribution is 4.99. The molecule has 0 spiro atoms. The Morgan fingerprint density at radius 2 is 2.19 bits per heavy atom. The molecular weight excluding hydrogens is 196 g/mol. The van der Waals surface area contributed by atoms with Crippen molar-refractivity contribution in [2.24, 2.45) is 0 Å².